The van der Waals surface area contributed by atoms with Crippen molar-refractivity contribution < 1.29 is 0 Å². The van der Waals surface area contributed by atoms with Gasteiger partial charge in [0.1, 0.15) is 0 Å². The average Bonchev–Trinajstić information content (AvgIpc) is 1.86. The molecule has 0 spiro atoms. The predicted molar refractivity (Wildman–Crippen MR) is 40.7 cm³/mol. The predicted octanol–water partition coefficient (Wildman–Crippen LogP) is -0.0302. The minimum Gasteiger partial charge on any atom is -0.312 e. The summed E-state index contributed by atoms with van der Waals surface area (Å²) in [6.07, 6.45) is 0. The SMILES string of the molecule is C=N[C@H](C)[C@@](C)(N)NC. The molecule has 2 atom stereocenters. The summed E-state index contributed by atoms with van der Waals surface area (Å²) in [5, 5.41) is 2.94. The smallest absolute Gasteiger partial charge is 0.0857 e. The van der Waals surface area contributed by atoms with Crippen molar-refractivity contribution in [3.63, 3.8) is 0 Å². The summed E-state index contributed by atoms with van der Waals surface area (Å²) in [6, 6.07) is 0.0440. The van der Waals surface area contributed by atoms with Crippen LogP contribution in [0.1, 0.15) is 13.8 Å². The van der Waals surface area contributed by atoms with Crippen LogP contribution in [0.5, 0.6) is 0 Å². The maximum atomic E-state index is 5.73. The van der Waals surface area contributed by atoms with Crippen LogP contribution in [-0.2, 0) is 0 Å². The van der Waals surface area contributed by atoms with Crippen LogP contribution in [0.2, 0.25) is 0 Å². The zero-order valence-corrected chi connectivity index (χ0v) is 6.31. The van der Waals surface area contributed by atoms with Crippen molar-refractivity contribution in [2.24, 2.45) is 10.7 Å². The molecular weight excluding hydrogens is 114 g/mol. The number of rotatable bonds is 3. The molecule has 3 nitrogen and oxygen atoms in total. The summed E-state index contributed by atoms with van der Waals surface area (Å²) >= 11 is 0. The Balaban J connectivity index is 3.95. The van der Waals surface area contributed by atoms with Gasteiger partial charge in [-0.3, -0.25) is 4.99 Å². The van der Waals surface area contributed by atoms with E-state index >= 15 is 0 Å². The summed E-state index contributed by atoms with van der Waals surface area (Å²) in [4.78, 5) is 3.79. The number of hydrogen-bond donors (Lipinski definition) is 2. The molecule has 0 rings (SSSR count). The monoisotopic (exact) mass is 129 g/mol. The van der Waals surface area contributed by atoms with Gasteiger partial charge in [-0.2, -0.15) is 0 Å². The summed E-state index contributed by atoms with van der Waals surface area (Å²) < 4.78 is 0. The zero-order chi connectivity index (χ0) is 7.49. The van der Waals surface area contributed by atoms with Crippen molar-refractivity contribution in [2.75, 3.05) is 7.05 Å². The van der Waals surface area contributed by atoms with Crippen molar-refractivity contribution in [1.29, 1.82) is 0 Å². The first-order valence-electron chi connectivity index (χ1n) is 2.98. The first-order chi connectivity index (χ1) is 4.04. The molecule has 0 radical (unpaired) electrons. The second-order valence-electron chi connectivity index (χ2n) is 2.39. The highest BCUT2D eigenvalue weighted by Gasteiger charge is 2.22. The van der Waals surface area contributed by atoms with Gasteiger partial charge in [0.2, 0.25) is 0 Å². The Hall–Kier alpha value is -0.410. The highest BCUT2D eigenvalue weighted by molar-refractivity contribution is 5.24. The van der Waals surface area contributed by atoms with Gasteiger partial charge in [-0.1, -0.05) is 0 Å². The van der Waals surface area contributed by atoms with Crippen LogP contribution in [-0.4, -0.2) is 25.5 Å². The lowest BCUT2D eigenvalue weighted by Gasteiger charge is -2.27. The lowest BCUT2D eigenvalue weighted by atomic mass is 10.1. The molecule has 3 N–H and O–H groups in total. The van der Waals surface area contributed by atoms with E-state index < -0.39 is 5.66 Å². The van der Waals surface area contributed by atoms with E-state index in [2.05, 4.69) is 17.0 Å². The van der Waals surface area contributed by atoms with Gasteiger partial charge in [0.05, 0.1) is 11.7 Å². The van der Waals surface area contributed by atoms with Gasteiger partial charge in [0.25, 0.3) is 0 Å². The van der Waals surface area contributed by atoms with E-state index in [0.29, 0.717) is 0 Å². The minimum atomic E-state index is -0.429. The quantitative estimate of drug-likeness (QED) is 0.415. The fraction of sp³-hybridized carbons (Fsp3) is 0.833. The van der Waals surface area contributed by atoms with Gasteiger partial charge in [0.15, 0.2) is 0 Å². The molecule has 0 aromatic heterocycles. The zero-order valence-electron chi connectivity index (χ0n) is 6.31. The van der Waals surface area contributed by atoms with Crippen LogP contribution in [0.3, 0.4) is 0 Å². The summed E-state index contributed by atoms with van der Waals surface area (Å²) in [5.41, 5.74) is 5.30. The normalized spacial score (nSPS) is 20.4. The van der Waals surface area contributed by atoms with Crippen LogP contribution in [0.15, 0.2) is 4.99 Å². The summed E-state index contributed by atoms with van der Waals surface area (Å²) in [5.74, 6) is 0. The first kappa shape index (κ1) is 8.59. The Morgan fingerprint density at radius 3 is 2.33 bits per heavy atom. The highest BCUT2D eigenvalue weighted by Crippen LogP contribution is 2.03. The van der Waals surface area contributed by atoms with Crippen molar-refractivity contribution >= 4 is 6.72 Å². The molecule has 0 unspecified atom stereocenters. The van der Waals surface area contributed by atoms with E-state index in [9.17, 15) is 0 Å². The van der Waals surface area contributed by atoms with Gasteiger partial charge >= 0.3 is 0 Å². The molecule has 0 aromatic carbocycles. The number of nitrogens with two attached hydrogens (primary N) is 1. The van der Waals surface area contributed by atoms with E-state index in [0.717, 1.165) is 0 Å². The second kappa shape index (κ2) is 2.94. The molecule has 0 heterocycles. The van der Waals surface area contributed by atoms with E-state index in [1.165, 1.54) is 0 Å². The van der Waals surface area contributed by atoms with Crippen molar-refractivity contribution in [2.45, 2.75) is 25.6 Å². The van der Waals surface area contributed by atoms with Crippen LogP contribution in [0.4, 0.5) is 0 Å². The third kappa shape index (κ3) is 2.11. The molecule has 0 aliphatic heterocycles. The number of aliphatic imine (C=N–C) groups is 1. The molecule has 0 saturated carbocycles. The molecule has 0 aromatic rings. The maximum Gasteiger partial charge on any atom is 0.0857 e. The minimum absolute atomic E-state index is 0.0440. The van der Waals surface area contributed by atoms with Gasteiger partial charge < -0.3 is 11.1 Å². The topological polar surface area (TPSA) is 50.4 Å². The van der Waals surface area contributed by atoms with E-state index in [1.54, 1.807) is 0 Å². The Morgan fingerprint density at radius 2 is 2.22 bits per heavy atom. The van der Waals surface area contributed by atoms with E-state index in [-0.39, 0.29) is 6.04 Å². The summed E-state index contributed by atoms with van der Waals surface area (Å²) in [7, 11) is 1.81. The first-order valence-corrected chi connectivity index (χ1v) is 2.98. The van der Waals surface area contributed by atoms with Gasteiger partial charge in [0, 0.05) is 0 Å². The highest BCUT2D eigenvalue weighted by atomic mass is 15.1. The lowest BCUT2D eigenvalue weighted by Crippen LogP contribution is -2.56. The molecular formula is C6H15N3. The Morgan fingerprint density at radius 1 is 1.78 bits per heavy atom. The van der Waals surface area contributed by atoms with Crippen LogP contribution in [0.25, 0.3) is 0 Å². The number of nitrogens with zero attached hydrogens (tertiary/aromatic N) is 1. The average molecular weight is 129 g/mol. The fourth-order valence-electron chi connectivity index (χ4n) is 0.399. The summed E-state index contributed by atoms with van der Waals surface area (Å²) in [6.45, 7) is 7.21. The number of nitrogens with one attached hydrogen (secondary N) is 1. The Labute approximate surface area is 56.3 Å². The van der Waals surface area contributed by atoms with Gasteiger partial charge in [-0.25, -0.2) is 0 Å². The second-order valence-corrected chi connectivity index (χ2v) is 2.39. The van der Waals surface area contributed by atoms with Crippen molar-refractivity contribution in [3.05, 3.63) is 0 Å². The third-order valence-corrected chi connectivity index (χ3v) is 1.68. The number of hydrogen-bond acceptors (Lipinski definition) is 3. The Bertz CT molecular complexity index is 98.5. The van der Waals surface area contributed by atoms with Crippen molar-refractivity contribution in [1.82, 2.24) is 5.32 Å². The third-order valence-electron chi connectivity index (χ3n) is 1.68. The van der Waals surface area contributed by atoms with Gasteiger partial charge in [-0.05, 0) is 27.6 Å². The largest absolute Gasteiger partial charge is 0.312 e. The molecule has 54 valence electrons. The molecule has 0 aliphatic rings. The van der Waals surface area contributed by atoms with Crippen LogP contribution in [0, 0.1) is 0 Å². The standard InChI is InChI=1S/C6H15N3/c1-5(8-3)6(2,7)9-4/h5,9H,3,7H2,1-2,4H3/t5-,6+/m1/s1. The number of likely N-dealkylation sites (N-methyl/N-ethyl adjacent to an activating group) is 1. The van der Waals surface area contributed by atoms with E-state index in [4.69, 9.17) is 5.73 Å². The fourth-order valence-corrected chi connectivity index (χ4v) is 0.399. The van der Waals surface area contributed by atoms with Crippen LogP contribution < -0.4 is 11.1 Å². The molecule has 0 amide bonds. The molecule has 0 aliphatic carbocycles. The maximum absolute atomic E-state index is 5.73. The lowest BCUT2D eigenvalue weighted by molar-refractivity contribution is 0.342. The molecule has 9 heavy (non-hydrogen) atoms. The molecule has 0 saturated heterocycles. The molecule has 0 fully saturated rings. The Kier molecular flexibility index (Phi) is 2.81. The van der Waals surface area contributed by atoms with E-state index in [1.807, 2.05) is 20.9 Å². The van der Waals surface area contributed by atoms with Gasteiger partial charge in [-0.15, -0.1) is 0 Å². The molecule has 0 bridgehead atoms. The molecule has 3 heteroatoms. The van der Waals surface area contributed by atoms with Crippen molar-refractivity contribution in [3.8, 4) is 0 Å². The van der Waals surface area contributed by atoms with Crippen LogP contribution >= 0.6 is 0 Å².